The molecule has 1 heterocycles. The van der Waals surface area contributed by atoms with E-state index in [1.807, 2.05) is 0 Å². The average Bonchev–Trinajstić information content (AvgIpc) is 2.28. The zero-order valence-electron chi connectivity index (χ0n) is 9.42. The van der Waals surface area contributed by atoms with Crippen LogP contribution in [0.15, 0.2) is 0 Å². The number of carbonyl (C=O) groups is 1. The van der Waals surface area contributed by atoms with E-state index in [1.54, 1.807) is 6.92 Å². The third kappa shape index (κ3) is 2.11. The van der Waals surface area contributed by atoms with Crippen molar-refractivity contribution in [2.24, 2.45) is 0 Å². The van der Waals surface area contributed by atoms with Crippen LogP contribution in [-0.4, -0.2) is 28.3 Å². The van der Waals surface area contributed by atoms with Crippen molar-refractivity contribution >= 4 is 5.78 Å². The second kappa shape index (κ2) is 3.41. The SMILES string of the molecule is CC(=O)[C@H]1CCC(C)N1C(C)(C)C. The Hall–Kier alpha value is -0.370. The second-order valence-corrected chi connectivity index (χ2v) is 5.13. The molecule has 0 N–H and O–H groups in total. The lowest BCUT2D eigenvalue weighted by atomic mass is 10.0. The number of likely N-dealkylation sites (tertiary alicyclic amines) is 1. The lowest BCUT2D eigenvalue weighted by Crippen LogP contribution is -2.50. The maximum Gasteiger partial charge on any atom is 0.146 e. The van der Waals surface area contributed by atoms with Crippen molar-refractivity contribution < 1.29 is 4.79 Å². The maximum atomic E-state index is 11.4. The summed E-state index contributed by atoms with van der Waals surface area (Å²) in [6.45, 7) is 10.5. The van der Waals surface area contributed by atoms with E-state index in [0.29, 0.717) is 11.8 Å². The Morgan fingerprint density at radius 2 is 1.85 bits per heavy atom. The van der Waals surface area contributed by atoms with Crippen molar-refractivity contribution in [3.05, 3.63) is 0 Å². The summed E-state index contributed by atoms with van der Waals surface area (Å²) in [6.07, 6.45) is 2.19. The van der Waals surface area contributed by atoms with E-state index < -0.39 is 0 Å². The van der Waals surface area contributed by atoms with Crippen LogP contribution in [0.25, 0.3) is 0 Å². The number of hydrogen-bond acceptors (Lipinski definition) is 2. The molecule has 2 nitrogen and oxygen atoms in total. The number of ketones is 1. The van der Waals surface area contributed by atoms with Crippen LogP contribution in [0.3, 0.4) is 0 Å². The topological polar surface area (TPSA) is 20.3 Å². The van der Waals surface area contributed by atoms with Crippen molar-refractivity contribution in [3.63, 3.8) is 0 Å². The molecule has 1 aliphatic rings. The first-order valence-corrected chi connectivity index (χ1v) is 5.13. The monoisotopic (exact) mass is 183 g/mol. The fraction of sp³-hybridized carbons (Fsp3) is 0.909. The van der Waals surface area contributed by atoms with Crippen LogP contribution in [0.4, 0.5) is 0 Å². The molecule has 1 aliphatic heterocycles. The van der Waals surface area contributed by atoms with Gasteiger partial charge in [0.2, 0.25) is 0 Å². The van der Waals surface area contributed by atoms with Crippen LogP contribution < -0.4 is 0 Å². The van der Waals surface area contributed by atoms with E-state index in [9.17, 15) is 4.79 Å². The molecule has 13 heavy (non-hydrogen) atoms. The minimum atomic E-state index is 0.117. The lowest BCUT2D eigenvalue weighted by Gasteiger charge is -2.39. The molecule has 0 spiro atoms. The Balaban J connectivity index is 2.83. The van der Waals surface area contributed by atoms with E-state index in [4.69, 9.17) is 0 Å². The summed E-state index contributed by atoms with van der Waals surface area (Å²) in [4.78, 5) is 13.8. The number of hydrogen-bond donors (Lipinski definition) is 0. The molecule has 0 bridgehead atoms. The Morgan fingerprint density at radius 1 is 1.31 bits per heavy atom. The standard InChI is InChI=1S/C11H21NO/c1-8-6-7-10(9(2)13)12(8)11(3,4)5/h8,10H,6-7H2,1-5H3/t8?,10-/m1/s1. The van der Waals surface area contributed by atoms with Gasteiger partial charge in [-0.25, -0.2) is 0 Å². The van der Waals surface area contributed by atoms with Gasteiger partial charge in [0.15, 0.2) is 0 Å². The third-order valence-electron chi connectivity index (χ3n) is 2.91. The summed E-state index contributed by atoms with van der Waals surface area (Å²) >= 11 is 0. The molecule has 2 heteroatoms. The predicted molar refractivity (Wildman–Crippen MR) is 54.8 cm³/mol. The summed E-state index contributed by atoms with van der Waals surface area (Å²) in [5.41, 5.74) is 0.117. The number of rotatable bonds is 1. The average molecular weight is 183 g/mol. The number of Topliss-reactive ketones (excluding diaryl/α,β-unsaturated/α-hetero) is 1. The van der Waals surface area contributed by atoms with Crippen LogP contribution in [0.2, 0.25) is 0 Å². The van der Waals surface area contributed by atoms with Gasteiger partial charge >= 0.3 is 0 Å². The molecule has 1 saturated heterocycles. The summed E-state index contributed by atoms with van der Waals surface area (Å²) in [6, 6.07) is 0.712. The quantitative estimate of drug-likeness (QED) is 0.621. The summed E-state index contributed by atoms with van der Waals surface area (Å²) in [5, 5.41) is 0. The summed E-state index contributed by atoms with van der Waals surface area (Å²) in [5.74, 6) is 0.319. The van der Waals surface area contributed by atoms with Crippen LogP contribution in [-0.2, 0) is 4.79 Å². The van der Waals surface area contributed by atoms with Gasteiger partial charge in [-0.2, -0.15) is 0 Å². The van der Waals surface area contributed by atoms with Gasteiger partial charge in [0.05, 0.1) is 6.04 Å². The number of nitrogens with zero attached hydrogens (tertiary/aromatic N) is 1. The first-order chi connectivity index (χ1) is 5.84. The van der Waals surface area contributed by atoms with Crippen molar-refractivity contribution in [1.29, 1.82) is 0 Å². The molecule has 0 amide bonds. The Kier molecular flexibility index (Phi) is 2.81. The van der Waals surface area contributed by atoms with E-state index in [1.165, 1.54) is 0 Å². The molecule has 0 saturated carbocycles. The first kappa shape index (κ1) is 10.7. The highest BCUT2D eigenvalue weighted by Gasteiger charge is 2.39. The van der Waals surface area contributed by atoms with E-state index >= 15 is 0 Å². The zero-order chi connectivity index (χ0) is 10.2. The Morgan fingerprint density at radius 3 is 2.15 bits per heavy atom. The summed E-state index contributed by atoms with van der Waals surface area (Å²) < 4.78 is 0. The molecule has 0 aromatic carbocycles. The van der Waals surface area contributed by atoms with Gasteiger partial charge in [0.25, 0.3) is 0 Å². The molecule has 0 aromatic heterocycles. The molecule has 1 fully saturated rings. The lowest BCUT2D eigenvalue weighted by molar-refractivity contribution is -0.123. The van der Waals surface area contributed by atoms with E-state index in [0.717, 1.165) is 12.8 Å². The molecule has 76 valence electrons. The molecule has 0 radical (unpaired) electrons. The molecule has 0 aliphatic carbocycles. The largest absolute Gasteiger partial charge is 0.298 e. The molecular formula is C11H21NO. The smallest absolute Gasteiger partial charge is 0.146 e. The Bertz CT molecular complexity index is 205. The van der Waals surface area contributed by atoms with Gasteiger partial charge in [-0.05, 0) is 47.5 Å². The zero-order valence-corrected chi connectivity index (χ0v) is 9.42. The van der Waals surface area contributed by atoms with Gasteiger partial charge in [-0.1, -0.05) is 0 Å². The van der Waals surface area contributed by atoms with Gasteiger partial charge < -0.3 is 0 Å². The highest BCUT2D eigenvalue weighted by Crippen LogP contribution is 2.31. The predicted octanol–water partition coefficient (Wildman–Crippen LogP) is 2.23. The van der Waals surface area contributed by atoms with Gasteiger partial charge in [-0.3, -0.25) is 9.69 Å². The van der Waals surface area contributed by atoms with Crippen LogP contribution in [0, 0.1) is 0 Å². The number of carbonyl (C=O) groups excluding carboxylic acids is 1. The van der Waals surface area contributed by atoms with Crippen molar-refractivity contribution in [3.8, 4) is 0 Å². The van der Waals surface area contributed by atoms with Gasteiger partial charge in [0, 0.05) is 11.6 Å². The van der Waals surface area contributed by atoms with Crippen LogP contribution in [0.1, 0.15) is 47.5 Å². The first-order valence-electron chi connectivity index (χ1n) is 5.13. The minimum Gasteiger partial charge on any atom is -0.298 e. The summed E-state index contributed by atoms with van der Waals surface area (Å²) in [7, 11) is 0. The van der Waals surface area contributed by atoms with Crippen LogP contribution >= 0.6 is 0 Å². The second-order valence-electron chi connectivity index (χ2n) is 5.13. The molecule has 2 atom stereocenters. The minimum absolute atomic E-state index is 0.117. The normalized spacial score (nSPS) is 30.8. The maximum absolute atomic E-state index is 11.4. The van der Waals surface area contributed by atoms with Crippen molar-refractivity contribution in [2.45, 2.75) is 65.1 Å². The molecular weight excluding hydrogens is 162 g/mol. The fourth-order valence-corrected chi connectivity index (χ4v) is 2.51. The molecule has 1 rings (SSSR count). The molecule has 0 aromatic rings. The molecule has 1 unspecified atom stereocenters. The highest BCUT2D eigenvalue weighted by atomic mass is 16.1. The van der Waals surface area contributed by atoms with Crippen molar-refractivity contribution in [2.75, 3.05) is 0 Å². The fourth-order valence-electron chi connectivity index (χ4n) is 2.51. The van der Waals surface area contributed by atoms with Gasteiger partial charge in [0.1, 0.15) is 5.78 Å². The van der Waals surface area contributed by atoms with E-state index in [-0.39, 0.29) is 11.6 Å². The van der Waals surface area contributed by atoms with Crippen LogP contribution in [0.5, 0.6) is 0 Å². The van der Waals surface area contributed by atoms with E-state index in [2.05, 4.69) is 32.6 Å². The van der Waals surface area contributed by atoms with Crippen molar-refractivity contribution in [1.82, 2.24) is 4.90 Å². The highest BCUT2D eigenvalue weighted by molar-refractivity contribution is 5.81. The Labute approximate surface area is 81.3 Å². The van der Waals surface area contributed by atoms with Gasteiger partial charge in [-0.15, -0.1) is 0 Å². The third-order valence-corrected chi connectivity index (χ3v) is 2.91.